The molecule has 0 unspecified atom stereocenters. The average molecular weight is 730 g/mol. The number of rotatable bonds is 5. The summed E-state index contributed by atoms with van der Waals surface area (Å²) in [6.45, 7) is 3.26. The quantitative estimate of drug-likeness (QED) is 0.177. The summed E-state index contributed by atoms with van der Waals surface area (Å²) in [4.78, 5) is 38.3. The van der Waals surface area contributed by atoms with Gasteiger partial charge in [0.1, 0.15) is 28.8 Å². The molecule has 0 saturated carbocycles. The predicted octanol–water partition coefficient (Wildman–Crippen LogP) is 8.78. The number of hydrogen-bond donors (Lipinski definition) is 0. The van der Waals surface area contributed by atoms with E-state index in [1.165, 1.54) is 30.5 Å². The van der Waals surface area contributed by atoms with Crippen LogP contribution in [0.25, 0.3) is 22.7 Å². The summed E-state index contributed by atoms with van der Waals surface area (Å²) in [5, 5.41) is 1.16. The molecule has 3 aromatic carbocycles. The van der Waals surface area contributed by atoms with Crippen LogP contribution in [0.3, 0.4) is 0 Å². The number of hydrogen-bond acceptors (Lipinski definition) is 5. The van der Waals surface area contributed by atoms with Gasteiger partial charge in [-0.2, -0.15) is 0 Å². The number of benzene rings is 3. The predicted molar refractivity (Wildman–Crippen MR) is 184 cm³/mol. The summed E-state index contributed by atoms with van der Waals surface area (Å²) >= 11 is 32.5. The smallest absolute Gasteiger partial charge is 0.277 e. The Hall–Kier alpha value is -4.32. The van der Waals surface area contributed by atoms with Crippen molar-refractivity contribution in [1.82, 2.24) is 28.4 Å². The Morgan fingerprint density at radius 3 is 1.45 bits per heavy atom. The minimum Gasteiger partial charge on any atom is -0.277 e. The summed E-state index contributed by atoms with van der Waals surface area (Å²) in [6, 6.07) is 17.0. The summed E-state index contributed by atoms with van der Waals surface area (Å²) in [5.41, 5.74) is 1.37. The van der Waals surface area contributed by atoms with Crippen molar-refractivity contribution in [3.63, 3.8) is 0 Å². The number of para-hydroxylation sites is 2. The van der Waals surface area contributed by atoms with Gasteiger partial charge in [0.05, 0.1) is 41.9 Å². The lowest BCUT2D eigenvalue weighted by Crippen LogP contribution is -2.20. The molecule has 0 radical (unpaired) electrons. The maximum atomic E-state index is 14.2. The first-order chi connectivity index (χ1) is 22.5. The Bertz CT molecular complexity index is 2350. The molecule has 0 saturated heterocycles. The Kier molecular flexibility index (Phi) is 7.81. The first-order valence-corrected chi connectivity index (χ1v) is 15.7. The third-order valence-electron chi connectivity index (χ3n) is 7.64. The molecule has 4 aromatic heterocycles. The molecule has 0 aliphatic carbocycles. The molecule has 0 spiro atoms. The number of aromatic nitrogens is 6. The van der Waals surface area contributed by atoms with Crippen molar-refractivity contribution in [2.24, 2.45) is 0 Å². The monoisotopic (exact) mass is 727 g/mol. The van der Waals surface area contributed by atoms with Crippen molar-refractivity contribution in [2.75, 3.05) is 4.90 Å². The molecular formula is C32H19Cl5FN7O2. The maximum absolute atomic E-state index is 14.2. The van der Waals surface area contributed by atoms with E-state index >= 15 is 0 Å². The highest BCUT2D eigenvalue weighted by atomic mass is 35.5. The van der Waals surface area contributed by atoms with Crippen LogP contribution in [0.5, 0.6) is 0 Å². The van der Waals surface area contributed by atoms with Gasteiger partial charge in [-0.1, -0.05) is 70.1 Å². The topological polar surface area (TPSA) is 81.8 Å². The van der Waals surface area contributed by atoms with E-state index in [0.717, 1.165) is 6.07 Å². The van der Waals surface area contributed by atoms with E-state index in [1.807, 2.05) is 0 Å². The minimum atomic E-state index is -0.544. The highest BCUT2D eigenvalue weighted by Crippen LogP contribution is 2.38. The molecule has 0 N–H and O–H groups in total. The second-order valence-electron chi connectivity index (χ2n) is 10.5. The maximum Gasteiger partial charge on any atom is 0.277 e. The van der Waals surface area contributed by atoms with Crippen LogP contribution in [0, 0.1) is 19.7 Å². The summed E-state index contributed by atoms with van der Waals surface area (Å²) in [6.07, 6.45) is 3.25. The Balaban J connectivity index is 1.47. The fourth-order valence-corrected chi connectivity index (χ4v) is 6.79. The lowest BCUT2D eigenvalue weighted by molar-refractivity contribution is 0.628. The van der Waals surface area contributed by atoms with E-state index in [-0.39, 0.29) is 47.9 Å². The number of aryl methyl sites for hydroxylation is 2. The standard InChI is InChI=1S/C32H19Cl5FN7O2/c1-16-29-39-25(11-13-41(29)44(31(16)46)27-19(33)5-3-6-20(27)34)43(24-10-9-18(38)15-23(24)37)26-12-14-42-30(40-26)17(2)32(47)45(42)28-21(35)7-4-8-22(28)36/h3-15H,1-2H3. The molecule has 0 amide bonds. The van der Waals surface area contributed by atoms with Crippen molar-refractivity contribution in [3.8, 4) is 11.4 Å². The largest absolute Gasteiger partial charge is 0.277 e. The van der Waals surface area contributed by atoms with E-state index in [2.05, 4.69) is 0 Å². The lowest BCUT2D eigenvalue weighted by atomic mass is 10.2. The van der Waals surface area contributed by atoms with E-state index in [0.29, 0.717) is 39.5 Å². The van der Waals surface area contributed by atoms with Crippen LogP contribution in [-0.4, -0.2) is 28.4 Å². The van der Waals surface area contributed by atoms with E-state index < -0.39 is 5.82 Å². The van der Waals surface area contributed by atoms with Gasteiger partial charge in [-0.3, -0.25) is 14.5 Å². The van der Waals surface area contributed by atoms with Gasteiger partial charge in [-0.25, -0.2) is 32.8 Å². The number of nitrogens with zero attached hydrogens (tertiary/aromatic N) is 7. The molecule has 0 fully saturated rings. The van der Waals surface area contributed by atoms with Crippen molar-refractivity contribution in [1.29, 1.82) is 0 Å². The highest BCUT2D eigenvalue weighted by Gasteiger charge is 2.25. The SMILES string of the molecule is Cc1c(=O)n(-c2c(Cl)cccc2Cl)n2ccc(N(c3ccn4c(n3)c(C)c(=O)n4-c3c(Cl)cccc3Cl)c3ccc(F)cc3Cl)nc12. The third-order valence-corrected chi connectivity index (χ3v) is 9.16. The first-order valence-electron chi connectivity index (χ1n) is 13.8. The molecular weight excluding hydrogens is 711 g/mol. The van der Waals surface area contributed by atoms with E-state index in [9.17, 15) is 14.0 Å². The van der Waals surface area contributed by atoms with Crippen molar-refractivity contribution >= 4 is 86.6 Å². The minimum absolute atomic E-state index is 0.0670. The van der Waals surface area contributed by atoms with Gasteiger partial charge in [0.15, 0.2) is 11.3 Å². The van der Waals surface area contributed by atoms with E-state index in [4.69, 9.17) is 68.0 Å². The molecule has 236 valence electrons. The molecule has 0 bridgehead atoms. The highest BCUT2D eigenvalue weighted by molar-refractivity contribution is 6.38. The zero-order chi connectivity index (χ0) is 33.3. The molecule has 47 heavy (non-hydrogen) atoms. The molecule has 7 rings (SSSR count). The number of anilines is 3. The summed E-state index contributed by atoms with van der Waals surface area (Å²) in [5.74, 6) is 0.0293. The molecule has 0 atom stereocenters. The van der Waals surface area contributed by atoms with Gasteiger partial charge >= 0.3 is 0 Å². The van der Waals surface area contributed by atoms with Crippen LogP contribution in [0.15, 0.2) is 88.7 Å². The second-order valence-corrected chi connectivity index (χ2v) is 12.5. The second kappa shape index (κ2) is 11.7. The fourth-order valence-electron chi connectivity index (χ4n) is 5.43. The fraction of sp³-hybridized carbons (Fsp3) is 0.0625. The summed E-state index contributed by atoms with van der Waals surface area (Å²) in [7, 11) is 0. The van der Waals surface area contributed by atoms with Crippen LogP contribution in [-0.2, 0) is 0 Å². The number of fused-ring (bicyclic) bond motifs is 2. The zero-order valence-corrected chi connectivity index (χ0v) is 28.0. The normalized spacial score (nSPS) is 11.6. The lowest BCUT2D eigenvalue weighted by Gasteiger charge is -2.24. The van der Waals surface area contributed by atoms with Crippen molar-refractivity contribution in [3.05, 3.63) is 142 Å². The van der Waals surface area contributed by atoms with Crippen LogP contribution < -0.4 is 16.0 Å². The van der Waals surface area contributed by atoms with Gasteiger partial charge in [0.25, 0.3) is 11.1 Å². The Morgan fingerprint density at radius 1 is 0.617 bits per heavy atom. The molecule has 15 heteroatoms. The van der Waals surface area contributed by atoms with Gasteiger partial charge in [0.2, 0.25) is 0 Å². The van der Waals surface area contributed by atoms with Crippen molar-refractivity contribution in [2.45, 2.75) is 13.8 Å². The van der Waals surface area contributed by atoms with Crippen LogP contribution in [0.1, 0.15) is 11.1 Å². The van der Waals surface area contributed by atoms with Crippen LogP contribution in [0.2, 0.25) is 25.1 Å². The molecule has 0 aliphatic rings. The van der Waals surface area contributed by atoms with Gasteiger partial charge < -0.3 is 0 Å². The third kappa shape index (κ3) is 4.99. The Morgan fingerprint density at radius 2 is 1.04 bits per heavy atom. The first kappa shape index (κ1) is 31.3. The van der Waals surface area contributed by atoms with Crippen molar-refractivity contribution < 1.29 is 4.39 Å². The van der Waals surface area contributed by atoms with Gasteiger partial charge in [-0.05, 0) is 68.4 Å². The summed E-state index contributed by atoms with van der Waals surface area (Å²) < 4.78 is 20.0. The van der Waals surface area contributed by atoms with Gasteiger partial charge in [-0.15, -0.1) is 0 Å². The molecule has 4 heterocycles. The zero-order valence-electron chi connectivity index (χ0n) is 24.2. The van der Waals surface area contributed by atoms with Crippen LogP contribution in [0.4, 0.5) is 21.7 Å². The molecule has 0 aliphatic heterocycles. The van der Waals surface area contributed by atoms with E-state index in [1.54, 1.807) is 79.7 Å². The number of halogens is 6. The average Bonchev–Trinajstić information content (AvgIpc) is 3.42. The van der Waals surface area contributed by atoms with Crippen LogP contribution >= 0.6 is 58.0 Å². The van der Waals surface area contributed by atoms with Gasteiger partial charge in [0, 0.05) is 12.4 Å². The molecule has 9 nitrogen and oxygen atoms in total. The molecule has 7 aromatic rings. The Labute approximate surface area is 290 Å².